The number of furan rings is 1. The Balaban J connectivity index is 1.07. The number of benzene rings is 8. The molecule has 0 bridgehead atoms. The first-order valence-electron chi connectivity index (χ1n) is 18.1. The first-order chi connectivity index (χ1) is 26.3. The normalized spacial score (nSPS) is 13.5. The standard InChI is InChI=1S/C48H29BN2OS/c1-2-10-30(11-3-1)33-23-25-39-38(28-33)49-37-13-8-19-46-48(37)51(40-14-5-7-18-45(40)53-46)42-16-9-15-41(47(42)49)50(39)36-24-22-31-26-35(21-20-32(31)27-36)44-29-34-12-4-6-17-43(34)52-44/h1-29H. The third-order valence-electron chi connectivity index (χ3n) is 11.2. The van der Waals surface area contributed by atoms with Crippen LogP contribution in [0.15, 0.2) is 190 Å². The molecule has 53 heavy (non-hydrogen) atoms. The maximum atomic E-state index is 6.24. The van der Waals surface area contributed by atoms with Gasteiger partial charge in [-0.25, -0.2) is 0 Å². The monoisotopic (exact) mass is 692 g/mol. The second kappa shape index (κ2) is 11.0. The van der Waals surface area contributed by atoms with E-state index in [1.807, 2.05) is 23.9 Å². The van der Waals surface area contributed by atoms with Crippen molar-refractivity contribution in [2.75, 3.05) is 9.80 Å². The summed E-state index contributed by atoms with van der Waals surface area (Å²) in [6.07, 6.45) is 0. The first-order valence-corrected chi connectivity index (χ1v) is 18.9. The lowest BCUT2D eigenvalue weighted by Crippen LogP contribution is -2.61. The van der Waals surface area contributed by atoms with Crippen molar-refractivity contribution in [1.29, 1.82) is 0 Å². The zero-order valence-electron chi connectivity index (χ0n) is 28.5. The van der Waals surface area contributed by atoms with Crippen LogP contribution >= 0.6 is 11.8 Å². The summed E-state index contributed by atoms with van der Waals surface area (Å²) in [5, 5.41) is 3.49. The lowest BCUT2D eigenvalue weighted by molar-refractivity contribution is 0.631. The minimum atomic E-state index is 0.0833. The van der Waals surface area contributed by atoms with Gasteiger partial charge in [-0.3, -0.25) is 0 Å². The van der Waals surface area contributed by atoms with E-state index in [1.54, 1.807) is 0 Å². The fourth-order valence-electron chi connectivity index (χ4n) is 8.87. The van der Waals surface area contributed by atoms with Crippen molar-refractivity contribution in [3.8, 4) is 22.5 Å². The zero-order chi connectivity index (χ0) is 34.6. The topological polar surface area (TPSA) is 19.6 Å². The minimum Gasteiger partial charge on any atom is -0.456 e. The van der Waals surface area contributed by atoms with Crippen molar-refractivity contribution in [2.24, 2.45) is 0 Å². The summed E-state index contributed by atoms with van der Waals surface area (Å²) in [7, 11) is 0. The van der Waals surface area contributed by atoms with Crippen molar-refractivity contribution in [3.63, 3.8) is 0 Å². The number of para-hydroxylation sites is 3. The predicted molar refractivity (Wildman–Crippen MR) is 223 cm³/mol. The third-order valence-corrected chi connectivity index (χ3v) is 12.3. The van der Waals surface area contributed by atoms with E-state index in [9.17, 15) is 0 Å². The summed E-state index contributed by atoms with van der Waals surface area (Å²) in [6, 6.07) is 64.3. The fraction of sp³-hybridized carbons (Fsp3) is 0. The smallest absolute Gasteiger partial charge is 0.252 e. The van der Waals surface area contributed by atoms with Gasteiger partial charge in [-0.1, -0.05) is 121 Å². The summed E-state index contributed by atoms with van der Waals surface area (Å²) >= 11 is 1.88. The highest BCUT2D eigenvalue weighted by atomic mass is 32.2. The van der Waals surface area contributed by atoms with Crippen molar-refractivity contribution in [3.05, 3.63) is 176 Å². The number of nitrogens with zero attached hydrogens (tertiary/aromatic N) is 2. The molecule has 0 atom stereocenters. The van der Waals surface area contributed by atoms with E-state index in [1.165, 1.54) is 76.5 Å². The summed E-state index contributed by atoms with van der Waals surface area (Å²) in [5.74, 6) is 0.888. The van der Waals surface area contributed by atoms with Gasteiger partial charge in [-0.2, -0.15) is 0 Å². The number of anilines is 6. The van der Waals surface area contributed by atoms with Crippen LogP contribution < -0.4 is 26.2 Å². The average Bonchev–Trinajstić information content (AvgIpc) is 3.66. The maximum absolute atomic E-state index is 6.24. The highest BCUT2D eigenvalue weighted by molar-refractivity contribution is 7.99. The number of hydrogen-bond acceptors (Lipinski definition) is 4. The first kappa shape index (κ1) is 29.2. The van der Waals surface area contributed by atoms with E-state index in [0.717, 1.165) is 28.0 Å². The van der Waals surface area contributed by atoms with Gasteiger partial charge in [0.1, 0.15) is 11.3 Å². The van der Waals surface area contributed by atoms with Gasteiger partial charge in [0.2, 0.25) is 0 Å². The van der Waals surface area contributed by atoms with Gasteiger partial charge in [-0.05, 0) is 105 Å². The van der Waals surface area contributed by atoms with Gasteiger partial charge in [0.15, 0.2) is 0 Å². The maximum Gasteiger partial charge on any atom is 0.252 e. The molecule has 9 aromatic rings. The molecular formula is C48H29BN2OS. The SMILES string of the molecule is c1ccc(-c2ccc3c(c2)B2c4cccc5c4N(c4ccccc4S5)c4cccc(c42)N3c2ccc3cc(-c4cc5ccccc5o4)ccc3c2)cc1. The second-order valence-electron chi connectivity index (χ2n) is 14.1. The van der Waals surface area contributed by atoms with E-state index >= 15 is 0 Å². The molecule has 4 heterocycles. The predicted octanol–water partition coefficient (Wildman–Crippen LogP) is 11.5. The number of rotatable bonds is 3. The van der Waals surface area contributed by atoms with Gasteiger partial charge < -0.3 is 14.2 Å². The molecule has 246 valence electrons. The van der Waals surface area contributed by atoms with Crippen molar-refractivity contribution in [2.45, 2.75) is 9.79 Å². The lowest BCUT2D eigenvalue weighted by atomic mass is 9.33. The van der Waals surface area contributed by atoms with E-state index in [-0.39, 0.29) is 6.71 Å². The van der Waals surface area contributed by atoms with Crippen LogP contribution in [0.2, 0.25) is 0 Å². The van der Waals surface area contributed by atoms with Crippen LogP contribution in [0.1, 0.15) is 0 Å². The zero-order valence-corrected chi connectivity index (χ0v) is 29.3. The van der Waals surface area contributed by atoms with Crippen molar-refractivity contribution >= 4 is 90.7 Å². The third kappa shape index (κ3) is 4.26. The number of fused-ring (bicyclic) bond motifs is 8. The molecule has 0 amide bonds. The molecule has 0 N–H and O–H groups in total. The van der Waals surface area contributed by atoms with Crippen LogP contribution in [0.3, 0.4) is 0 Å². The fourth-order valence-corrected chi connectivity index (χ4v) is 9.97. The van der Waals surface area contributed by atoms with Gasteiger partial charge in [0.25, 0.3) is 6.71 Å². The van der Waals surface area contributed by atoms with E-state index in [2.05, 4.69) is 174 Å². The molecule has 3 nitrogen and oxygen atoms in total. The Morgan fingerprint density at radius 2 is 1.17 bits per heavy atom. The molecule has 3 aliphatic rings. The van der Waals surface area contributed by atoms with Gasteiger partial charge >= 0.3 is 0 Å². The van der Waals surface area contributed by atoms with Gasteiger partial charge in [0.05, 0.1) is 11.4 Å². The van der Waals surface area contributed by atoms with Crippen molar-refractivity contribution < 1.29 is 4.42 Å². The Labute approximate surface area is 311 Å². The van der Waals surface area contributed by atoms with Crippen LogP contribution in [0, 0.1) is 0 Å². The summed E-state index contributed by atoms with van der Waals surface area (Å²) in [4.78, 5) is 7.60. The second-order valence-corrected chi connectivity index (χ2v) is 15.2. The molecule has 0 spiro atoms. The Morgan fingerprint density at radius 3 is 2.09 bits per heavy atom. The van der Waals surface area contributed by atoms with Gasteiger partial charge in [0, 0.05) is 43.5 Å². The summed E-state index contributed by atoms with van der Waals surface area (Å²) < 4.78 is 6.24. The summed E-state index contributed by atoms with van der Waals surface area (Å²) in [5.41, 5.74) is 15.8. The molecule has 0 fully saturated rings. The molecule has 0 radical (unpaired) electrons. The van der Waals surface area contributed by atoms with E-state index in [0.29, 0.717) is 0 Å². The Morgan fingerprint density at radius 1 is 0.434 bits per heavy atom. The van der Waals surface area contributed by atoms with E-state index < -0.39 is 0 Å². The lowest BCUT2D eigenvalue weighted by Gasteiger charge is -2.46. The van der Waals surface area contributed by atoms with Crippen LogP contribution in [0.25, 0.3) is 44.2 Å². The van der Waals surface area contributed by atoms with Gasteiger partial charge in [-0.15, -0.1) is 0 Å². The summed E-state index contributed by atoms with van der Waals surface area (Å²) in [6.45, 7) is 0.0833. The Bertz CT molecular complexity index is 2940. The molecule has 1 aromatic heterocycles. The quantitative estimate of drug-likeness (QED) is 0.172. The highest BCUT2D eigenvalue weighted by Gasteiger charge is 2.45. The average molecular weight is 693 g/mol. The van der Waals surface area contributed by atoms with Crippen LogP contribution in [-0.4, -0.2) is 6.71 Å². The Kier molecular flexibility index (Phi) is 6.08. The highest BCUT2D eigenvalue weighted by Crippen LogP contribution is 2.53. The minimum absolute atomic E-state index is 0.0833. The van der Waals surface area contributed by atoms with Crippen molar-refractivity contribution in [1.82, 2.24) is 0 Å². The molecule has 0 saturated carbocycles. The molecule has 8 aromatic carbocycles. The number of hydrogen-bond donors (Lipinski definition) is 0. The van der Waals surface area contributed by atoms with Crippen LogP contribution in [-0.2, 0) is 0 Å². The Hall–Kier alpha value is -6.43. The largest absolute Gasteiger partial charge is 0.456 e. The van der Waals surface area contributed by atoms with E-state index in [4.69, 9.17) is 4.42 Å². The molecule has 5 heteroatoms. The molecule has 3 aliphatic heterocycles. The van der Waals surface area contributed by atoms with Crippen LogP contribution in [0.5, 0.6) is 0 Å². The molecule has 0 aliphatic carbocycles. The molecule has 0 unspecified atom stereocenters. The molecular weight excluding hydrogens is 663 g/mol. The molecule has 12 rings (SSSR count). The van der Waals surface area contributed by atoms with Crippen LogP contribution in [0.4, 0.5) is 34.1 Å². The molecule has 0 saturated heterocycles.